The Labute approximate surface area is 197 Å². The first kappa shape index (κ1) is 21.9. The topological polar surface area (TPSA) is 57.8 Å². The van der Waals surface area contributed by atoms with E-state index >= 15 is 0 Å². The first-order valence-electron chi connectivity index (χ1n) is 11.5. The lowest BCUT2D eigenvalue weighted by Gasteiger charge is -2.22. The van der Waals surface area contributed by atoms with E-state index < -0.39 is 0 Å². The number of nitrogens with zero attached hydrogens (tertiary/aromatic N) is 2. The third-order valence-corrected chi connectivity index (χ3v) is 7.06. The highest BCUT2D eigenvalue weighted by Crippen LogP contribution is 2.31. The molecule has 0 bridgehead atoms. The van der Waals surface area contributed by atoms with E-state index in [1.165, 1.54) is 10.1 Å². The predicted octanol–water partition coefficient (Wildman–Crippen LogP) is 4.96. The molecule has 5 rings (SSSR count). The van der Waals surface area contributed by atoms with Crippen molar-refractivity contribution in [3.63, 3.8) is 0 Å². The third-order valence-electron chi connectivity index (χ3n) is 6.17. The van der Waals surface area contributed by atoms with Crippen LogP contribution in [0.25, 0.3) is 21.0 Å². The van der Waals surface area contributed by atoms with E-state index in [4.69, 9.17) is 9.57 Å². The quantitative estimate of drug-likeness (QED) is 0.393. The zero-order valence-corrected chi connectivity index (χ0v) is 19.7. The Morgan fingerprint density at radius 2 is 2.00 bits per heavy atom. The SMILES string of the molecule is Cc1cc(=O)[nH]c2cc(OCCCCN3CCON(c4cccc5sccc45)CC3)ccc12. The van der Waals surface area contributed by atoms with Crippen molar-refractivity contribution in [2.45, 2.75) is 19.8 Å². The van der Waals surface area contributed by atoms with Gasteiger partial charge in [-0.05, 0) is 67.6 Å². The van der Waals surface area contributed by atoms with Crippen molar-refractivity contribution >= 4 is 38.0 Å². The molecule has 0 amide bonds. The molecule has 0 aliphatic carbocycles. The number of hydroxylamine groups is 1. The van der Waals surface area contributed by atoms with Crippen LogP contribution in [0.3, 0.4) is 0 Å². The number of aryl methyl sites for hydroxylation is 1. The number of H-pyrrole nitrogens is 1. The lowest BCUT2D eigenvalue weighted by molar-refractivity contribution is 0.117. The van der Waals surface area contributed by atoms with Gasteiger partial charge in [0.25, 0.3) is 0 Å². The Morgan fingerprint density at radius 3 is 2.94 bits per heavy atom. The van der Waals surface area contributed by atoms with Crippen LogP contribution in [-0.4, -0.2) is 49.3 Å². The number of nitrogens with one attached hydrogen (secondary N) is 1. The first-order chi connectivity index (χ1) is 16.2. The van der Waals surface area contributed by atoms with Crippen LogP contribution in [0, 0.1) is 6.92 Å². The number of aromatic nitrogens is 1. The largest absolute Gasteiger partial charge is 0.494 e. The maximum absolute atomic E-state index is 11.7. The molecule has 33 heavy (non-hydrogen) atoms. The molecule has 2 aromatic heterocycles. The number of anilines is 1. The molecule has 1 fully saturated rings. The van der Waals surface area contributed by atoms with Crippen molar-refractivity contribution in [2.24, 2.45) is 0 Å². The molecule has 0 atom stereocenters. The van der Waals surface area contributed by atoms with Crippen LogP contribution in [0.1, 0.15) is 18.4 Å². The van der Waals surface area contributed by atoms with Crippen molar-refractivity contribution in [1.82, 2.24) is 9.88 Å². The summed E-state index contributed by atoms with van der Waals surface area (Å²) in [6.07, 6.45) is 2.06. The van der Waals surface area contributed by atoms with Gasteiger partial charge in [-0.15, -0.1) is 11.3 Å². The van der Waals surface area contributed by atoms with Gasteiger partial charge in [-0.25, -0.2) is 0 Å². The highest BCUT2D eigenvalue weighted by atomic mass is 32.1. The lowest BCUT2D eigenvalue weighted by Crippen LogP contribution is -2.31. The molecule has 1 aliphatic rings. The fourth-order valence-electron chi connectivity index (χ4n) is 4.43. The minimum atomic E-state index is -0.0795. The van der Waals surface area contributed by atoms with E-state index in [1.807, 2.05) is 25.1 Å². The number of rotatable bonds is 7. The van der Waals surface area contributed by atoms with E-state index in [-0.39, 0.29) is 5.56 Å². The molecular weight excluding hydrogens is 434 g/mol. The Balaban J connectivity index is 1.08. The van der Waals surface area contributed by atoms with Gasteiger partial charge in [0.05, 0.1) is 31.0 Å². The molecule has 0 unspecified atom stereocenters. The summed E-state index contributed by atoms with van der Waals surface area (Å²) < 4.78 is 7.24. The summed E-state index contributed by atoms with van der Waals surface area (Å²) in [5.41, 5.74) is 2.89. The highest BCUT2D eigenvalue weighted by molar-refractivity contribution is 7.17. The zero-order valence-electron chi connectivity index (χ0n) is 18.9. The van der Waals surface area contributed by atoms with Crippen molar-refractivity contribution in [1.29, 1.82) is 0 Å². The smallest absolute Gasteiger partial charge is 0.248 e. The van der Waals surface area contributed by atoms with Crippen LogP contribution in [-0.2, 0) is 4.84 Å². The summed E-state index contributed by atoms with van der Waals surface area (Å²) in [5, 5.41) is 6.51. The van der Waals surface area contributed by atoms with Crippen molar-refractivity contribution < 1.29 is 9.57 Å². The Bertz CT molecular complexity index is 1300. The average molecular weight is 464 g/mol. The van der Waals surface area contributed by atoms with Crippen LogP contribution >= 0.6 is 11.3 Å². The summed E-state index contributed by atoms with van der Waals surface area (Å²) >= 11 is 1.77. The van der Waals surface area contributed by atoms with Crippen LogP contribution in [0.2, 0.25) is 0 Å². The fourth-order valence-corrected chi connectivity index (χ4v) is 5.24. The molecule has 7 heteroatoms. The maximum atomic E-state index is 11.7. The van der Waals surface area contributed by atoms with Crippen molar-refractivity contribution in [2.75, 3.05) is 44.5 Å². The molecule has 3 heterocycles. The van der Waals surface area contributed by atoms with Gasteiger partial charge >= 0.3 is 0 Å². The molecule has 2 aromatic carbocycles. The Hall–Kier alpha value is -2.87. The number of hydrogen-bond acceptors (Lipinski definition) is 6. The normalized spacial score (nSPS) is 15.2. The summed E-state index contributed by atoms with van der Waals surface area (Å²) in [7, 11) is 0. The lowest BCUT2D eigenvalue weighted by atomic mass is 10.1. The average Bonchev–Trinajstić information content (AvgIpc) is 3.17. The van der Waals surface area contributed by atoms with Gasteiger partial charge in [-0.3, -0.25) is 19.6 Å². The molecule has 0 spiro atoms. The van der Waals surface area contributed by atoms with Crippen molar-refractivity contribution in [3.05, 3.63) is 69.8 Å². The number of pyridine rings is 1. The monoisotopic (exact) mass is 463 g/mol. The van der Waals surface area contributed by atoms with Crippen molar-refractivity contribution in [3.8, 4) is 5.75 Å². The minimum absolute atomic E-state index is 0.0795. The number of ether oxygens (including phenoxy) is 1. The molecule has 0 radical (unpaired) electrons. The van der Waals surface area contributed by atoms with Gasteiger partial charge in [-0.1, -0.05) is 6.07 Å². The molecule has 1 aliphatic heterocycles. The molecule has 0 saturated carbocycles. The molecular formula is C26H29N3O3S. The minimum Gasteiger partial charge on any atom is -0.494 e. The summed E-state index contributed by atoms with van der Waals surface area (Å²) in [4.78, 5) is 23.2. The number of thiophene rings is 1. The fraction of sp³-hybridized carbons (Fsp3) is 0.346. The highest BCUT2D eigenvalue weighted by Gasteiger charge is 2.17. The van der Waals surface area contributed by atoms with Gasteiger partial charge in [0.2, 0.25) is 5.56 Å². The predicted molar refractivity (Wildman–Crippen MR) is 136 cm³/mol. The summed E-state index contributed by atoms with van der Waals surface area (Å²) in [5.74, 6) is 0.796. The standard InChI is InChI=1S/C26H29N3O3S/c1-19-17-26(30)27-23-18-20(7-8-21(19)23)31-14-3-2-10-28-11-12-29(32-15-13-28)24-5-4-6-25-22(24)9-16-33-25/h4-9,16-18H,2-3,10-15H2,1H3,(H,27,30). The van der Waals surface area contributed by atoms with E-state index in [0.717, 1.165) is 66.9 Å². The number of hydrogen-bond donors (Lipinski definition) is 1. The van der Waals surface area contributed by atoms with Crippen LogP contribution in [0.4, 0.5) is 5.69 Å². The molecule has 172 valence electrons. The number of unbranched alkanes of at least 4 members (excludes halogenated alkanes) is 1. The third kappa shape index (κ3) is 5.05. The Kier molecular flexibility index (Phi) is 6.62. The van der Waals surface area contributed by atoms with E-state index in [0.29, 0.717) is 13.2 Å². The van der Waals surface area contributed by atoms with Gasteiger partial charge in [-0.2, -0.15) is 0 Å². The van der Waals surface area contributed by atoms with Crippen LogP contribution in [0.15, 0.2) is 58.7 Å². The van der Waals surface area contributed by atoms with E-state index in [2.05, 4.69) is 44.6 Å². The second-order valence-corrected chi connectivity index (χ2v) is 9.41. The molecule has 1 saturated heterocycles. The molecule has 1 N–H and O–H groups in total. The number of fused-ring (bicyclic) bond motifs is 2. The zero-order chi connectivity index (χ0) is 22.6. The van der Waals surface area contributed by atoms with E-state index in [1.54, 1.807) is 17.4 Å². The van der Waals surface area contributed by atoms with Gasteiger partial charge in [0.15, 0.2) is 0 Å². The van der Waals surface area contributed by atoms with Gasteiger partial charge in [0.1, 0.15) is 5.75 Å². The number of aromatic amines is 1. The summed E-state index contributed by atoms with van der Waals surface area (Å²) in [6, 6.07) is 16.1. The number of benzene rings is 2. The summed E-state index contributed by atoms with van der Waals surface area (Å²) in [6.45, 7) is 7.14. The van der Waals surface area contributed by atoms with Crippen LogP contribution in [0.5, 0.6) is 5.75 Å². The maximum Gasteiger partial charge on any atom is 0.248 e. The van der Waals surface area contributed by atoms with Gasteiger partial charge in [0, 0.05) is 40.7 Å². The molecule has 4 aromatic rings. The molecule has 6 nitrogen and oxygen atoms in total. The van der Waals surface area contributed by atoms with Crippen LogP contribution < -0.4 is 15.4 Å². The Morgan fingerprint density at radius 1 is 1.06 bits per heavy atom. The first-order valence-corrected chi connectivity index (χ1v) is 12.4. The second-order valence-electron chi connectivity index (χ2n) is 8.47. The van der Waals surface area contributed by atoms with Gasteiger partial charge < -0.3 is 9.72 Å². The second kappa shape index (κ2) is 9.95. The van der Waals surface area contributed by atoms with E-state index in [9.17, 15) is 4.79 Å².